The number of para-hydroxylation sites is 1. The van der Waals surface area contributed by atoms with Gasteiger partial charge >= 0.3 is 0 Å². The van der Waals surface area contributed by atoms with Gasteiger partial charge in [0, 0.05) is 31.6 Å². The fourth-order valence-corrected chi connectivity index (χ4v) is 7.90. The molecule has 0 amide bonds. The highest BCUT2D eigenvalue weighted by Crippen LogP contribution is 2.49. The first-order valence-electron chi connectivity index (χ1n) is 14.7. The molecule has 0 bridgehead atoms. The fourth-order valence-electron chi connectivity index (χ4n) is 6.77. The van der Waals surface area contributed by atoms with Crippen molar-refractivity contribution >= 4 is 44.3 Å². The molecule has 9 rings (SSSR count). The largest absolute Gasteiger partial charge is 0.309 e. The Labute approximate surface area is 259 Å². The molecule has 8 aromatic rings. The molecule has 2 heterocycles. The second-order valence-electron chi connectivity index (χ2n) is 11.3. The van der Waals surface area contributed by atoms with Crippen molar-refractivity contribution in [3.63, 3.8) is 0 Å². The van der Waals surface area contributed by atoms with Crippen LogP contribution in [-0.4, -0.2) is 4.57 Å². The van der Waals surface area contributed by atoms with E-state index in [0.29, 0.717) is 5.56 Å². The van der Waals surface area contributed by atoms with Crippen LogP contribution >= 0.6 is 11.8 Å². The molecule has 0 aliphatic carbocycles. The van der Waals surface area contributed by atoms with E-state index in [9.17, 15) is 5.26 Å². The molecule has 0 unspecified atom stereocenters. The van der Waals surface area contributed by atoms with E-state index in [1.54, 1.807) is 0 Å². The topological polar surface area (TPSA) is 28.7 Å². The maximum atomic E-state index is 9.43. The predicted octanol–water partition coefficient (Wildman–Crippen LogP) is 11.3. The summed E-state index contributed by atoms with van der Waals surface area (Å²) in [5, 5.41) is 14.5. The Balaban J connectivity index is 1.20. The molecule has 44 heavy (non-hydrogen) atoms. The van der Waals surface area contributed by atoms with E-state index in [1.165, 1.54) is 64.6 Å². The lowest BCUT2D eigenvalue weighted by Crippen LogP contribution is -1.95. The van der Waals surface area contributed by atoms with Gasteiger partial charge < -0.3 is 4.57 Å². The van der Waals surface area contributed by atoms with E-state index in [-0.39, 0.29) is 0 Å². The fraction of sp³-hybridized carbons (Fsp3) is 0. The molecule has 0 saturated heterocycles. The molecule has 2 nitrogen and oxygen atoms in total. The number of nitriles is 1. The summed E-state index contributed by atoms with van der Waals surface area (Å²) in [6.07, 6.45) is 0. The van der Waals surface area contributed by atoms with Crippen LogP contribution in [0.25, 0.3) is 71.6 Å². The molecule has 0 fully saturated rings. The lowest BCUT2D eigenvalue weighted by molar-refractivity contribution is 1.18. The van der Waals surface area contributed by atoms with Crippen molar-refractivity contribution in [3.8, 4) is 45.1 Å². The first kappa shape index (κ1) is 25.0. The Bertz CT molecular complexity index is 2490. The van der Waals surface area contributed by atoms with Crippen molar-refractivity contribution in [2.75, 3.05) is 0 Å². The number of benzene rings is 7. The van der Waals surface area contributed by atoms with Gasteiger partial charge in [-0.25, -0.2) is 0 Å². The number of rotatable bonds is 3. The van der Waals surface area contributed by atoms with Gasteiger partial charge in [-0.05, 0) is 99.4 Å². The van der Waals surface area contributed by atoms with Gasteiger partial charge in [0.25, 0.3) is 0 Å². The Morgan fingerprint density at radius 2 is 1.23 bits per heavy atom. The summed E-state index contributed by atoms with van der Waals surface area (Å²) in [5.41, 5.74) is 11.3. The van der Waals surface area contributed by atoms with Gasteiger partial charge in [0.05, 0.1) is 22.7 Å². The molecule has 1 aliphatic rings. The van der Waals surface area contributed by atoms with E-state index in [4.69, 9.17) is 0 Å². The van der Waals surface area contributed by atoms with Gasteiger partial charge in [0.2, 0.25) is 0 Å². The third-order valence-electron chi connectivity index (χ3n) is 8.79. The quantitative estimate of drug-likeness (QED) is 0.209. The third-order valence-corrected chi connectivity index (χ3v) is 9.93. The van der Waals surface area contributed by atoms with Gasteiger partial charge in [-0.2, -0.15) is 5.26 Å². The van der Waals surface area contributed by atoms with Crippen LogP contribution in [0.5, 0.6) is 0 Å². The molecule has 1 aliphatic heterocycles. The van der Waals surface area contributed by atoms with Crippen molar-refractivity contribution in [1.29, 1.82) is 5.26 Å². The number of aromatic nitrogens is 1. The maximum absolute atomic E-state index is 9.43. The highest BCUT2D eigenvalue weighted by molar-refractivity contribution is 7.99. The summed E-state index contributed by atoms with van der Waals surface area (Å²) in [6, 6.07) is 54.3. The number of fused-ring (bicyclic) bond motifs is 5. The van der Waals surface area contributed by atoms with Crippen LogP contribution in [0.4, 0.5) is 0 Å². The van der Waals surface area contributed by atoms with Crippen LogP contribution in [0.3, 0.4) is 0 Å². The average Bonchev–Trinajstić information content (AvgIpc) is 3.42. The predicted molar refractivity (Wildman–Crippen MR) is 183 cm³/mol. The van der Waals surface area contributed by atoms with Crippen LogP contribution in [-0.2, 0) is 0 Å². The minimum atomic E-state index is 0.666. The van der Waals surface area contributed by atoms with Crippen LogP contribution in [0.15, 0.2) is 155 Å². The first-order valence-corrected chi connectivity index (χ1v) is 15.6. The molecule has 0 radical (unpaired) electrons. The Kier molecular flexibility index (Phi) is 5.53. The van der Waals surface area contributed by atoms with Crippen molar-refractivity contribution < 1.29 is 0 Å². The zero-order valence-corrected chi connectivity index (χ0v) is 24.5. The second-order valence-corrected chi connectivity index (χ2v) is 12.4. The lowest BCUT2D eigenvalue weighted by Gasteiger charge is -2.21. The van der Waals surface area contributed by atoms with Crippen LogP contribution in [0.1, 0.15) is 5.56 Å². The smallest absolute Gasteiger partial charge is 0.0991 e. The summed E-state index contributed by atoms with van der Waals surface area (Å²) >= 11 is 1.87. The maximum Gasteiger partial charge on any atom is 0.0991 e. The van der Waals surface area contributed by atoms with E-state index in [0.717, 1.165) is 16.8 Å². The second kappa shape index (κ2) is 9.74. The van der Waals surface area contributed by atoms with E-state index >= 15 is 0 Å². The van der Waals surface area contributed by atoms with Gasteiger partial charge in [0.15, 0.2) is 0 Å². The minimum Gasteiger partial charge on any atom is -0.309 e. The summed E-state index contributed by atoms with van der Waals surface area (Å²) in [7, 11) is 0. The summed E-state index contributed by atoms with van der Waals surface area (Å²) in [4.78, 5) is 2.63. The monoisotopic (exact) mass is 576 g/mol. The van der Waals surface area contributed by atoms with Crippen LogP contribution < -0.4 is 0 Å². The molecule has 0 spiro atoms. The Morgan fingerprint density at radius 3 is 2.14 bits per heavy atom. The molecule has 0 N–H and O–H groups in total. The molecule has 7 aromatic carbocycles. The molecule has 1 aromatic heterocycles. The average molecular weight is 577 g/mol. The normalized spacial score (nSPS) is 12.0. The third kappa shape index (κ3) is 3.82. The van der Waals surface area contributed by atoms with Crippen molar-refractivity contribution in [3.05, 3.63) is 151 Å². The van der Waals surface area contributed by atoms with E-state index in [1.807, 2.05) is 30.0 Å². The molecule has 0 saturated carbocycles. The molecule has 0 atom stereocenters. The zero-order valence-electron chi connectivity index (χ0n) is 23.7. The van der Waals surface area contributed by atoms with Gasteiger partial charge in [-0.3, -0.25) is 0 Å². The van der Waals surface area contributed by atoms with Crippen molar-refractivity contribution in [2.45, 2.75) is 9.79 Å². The summed E-state index contributed by atoms with van der Waals surface area (Å²) in [6.45, 7) is 0. The SMILES string of the molecule is N#Cc1cccc(-c2cccc(-n3c4ccccc4c4cc(-c5ccc6c(c5)-c5cccc7cccc(c57)S6)ccc43)c2)c1. The van der Waals surface area contributed by atoms with Gasteiger partial charge in [-0.15, -0.1) is 0 Å². The molecule has 3 heteroatoms. The molecular weight excluding hydrogens is 553 g/mol. The lowest BCUT2D eigenvalue weighted by atomic mass is 9.94. The van der Waals surface area contributed by atoms with E-state index in [2.05, 4.69) is 138 Å². The number of nitrogens with zero attached hydrogens (tertiary/aromatic N) is 2. The molecule has 204 valence electrons. The number of hydrogen-bond donors (Lipinski definition) is 0. The Morgan fingerprint density at radius 1 is 0.500 bits per heavy atom. The number of hydrogen-bond acceptors (Lipinski definition) is 2. The first-order chi connectivity index (χ1) is 21.7. The minimum absolute atomic E-state index is 0.666. The standard InChI is InChI=1S/C41H24N2S/c42-25-26-7-3-10-28(21-26)29-11-4-12-32(22-29)43-37-15-2-1-13-33(37)35-23-30(17-19-38(35)43)31-18-20-39-36(24-31)34-14-5-8-27-9-6-16-40(44-39)41(27)34/h1-24H. The zero-order chi connectivity index (χ0) is 29.2. The van der Waals surface area contributed by atoms with E-state index < -0.39 is 0 Å². The van der Waals surface area contributed by atoms with Crippen molar-refractivity contribution in [2.24, 2.45) is 0 Å². The van der Waals surface area contributed by atoms with Crippen LogP contribution in [0, 0.1) is 11.3 Å². The van der Waals surface area contributed by atoms with Crippen molar-refractivity contribution in [1.82, 2.24) is 4.57 Å². The highest BCUT2D eigenvalue weighted by atomic mass is 32.2. The molecular formula is C41H24N2S. The van der Waals surface area contributed by atoms with Gasteiger partial charge in [0.1, 0.15) is 0 Å². The van der Waals surface area contributed by atoms with Crippen LogP contribution in [0.2, 0.25) is 0 Å². The summed E-state index contributed by atoms with van der Waals surface area (Å²) in [5.74, 6) is 0. The Hall–Kier alpha value is -5.56. The van der Waals surface area contributed by atoms with Gasteiger partial charge in [-0.1, -0.05) is 96.7 Å². The highest BCUT2D eigenvalue weighted by Gasteiger charge is 2.20. The summed E-state index contributed by atoms with van der Waals surface area (Å²) < 4.78 is 2.35.